The predicted molar refractivity (Wildman–Crippen MR) is 111 cm³/mol. The second-order valence-corrected chi connectivity index (χ2v) is 9.89. The smallest absolute Gasteiger partial charge is 0.239 e. The van der Waals surface area contributed by atoms with E-state index in [0.717, 1.165) is 39.4 Å². The normalized spacial score (nSPS) is 22.8. The lowest BCUT2D eigenvalue weighted by Crippen LogP contribution is -2.52. The second-order valence-electron chi connectivity index (χ2n) is 7.89. The van der Waals surface area contributed by atoms with Crippen LogP contribution in [0.3, 0.4) is 0 Å². The largest absolute Gasteiger partial charge is 0.369 e. The van der Waals surface area contributed by atoms with Gasteiger partial charge >= 0.3 is 0 Å². The molecule has 1 spiro atoms. The number of benzene rings is 1. The highest BCUT2D eigenvalue weighted by atomic mass is 32.2. The number of nitrogens with zero attached hydrogens (tertiary/aromatic N) is 3. The van der Waals surface area contributed by atoms with Crippen molar-refractivity contribution in [2.24, 2.45) is 10.7 Å². The molecule has 1 aromatic carbocycles. The molecule has 29 heavy (non-hydrogen) atoms. The van der Waals surface area contributed by atoms with E-state index in [1.807, 2.05) is 31.2 Å². The number of guanidine groups is 1. The van der Waals surface area contributed by atoms with Gasteiger partial charge in [0.25, 0.3) is 0 Å². The molecule has 2 aromatic rings. The Balaban J connectivity index is 1.71. The van der Waals surface area contributed by atoms with Crippen LogP contribution in [0, 0.1) is 6.92 Å². The van der Waals surface area contributed by atoms with Crippen LogP contribution in [0.5, 0.6) is 0 Å². The average molecular weight is 413 g/mol. The quantitative estimate of drug-likeness (QED) is 0.776. The molecule has 0 amide bonds. The van der Waals surface area contributed by atoms with Crippen LogP contribution >= 0.6 is 0 Å². The highest BCUT2D eigenvalue weighted by Crippen LogP contribution is 2.42. The molecule has 2 N–H and O–H groups in total. The van der Waals surface area contributed by atoms with Gasteiger partial charge in [0.1, 0.15) is 11.2 Å². The third kappa shape index (κ3) is 3.53. The van der Waals surface area contributed by atoms with Crippen LogP contribution in [0.4, 0.5) is 0 Å². The van der Waals surface area contributed by atoms with Gasteiger partial charge in [-0.05, 0) is 54.5 Å². The standard InChI is InChI=1S/C21H24N4O3S/c1-14-5-8-18(23-12-14)19(26)11-15-6-7-16-4-3-9-21(17(16)10-15)13-29(27,28)25(2)20(22)24-21/h5-8,10,12H,3-4,9,11,13H2,1-2H3,(H2,22,24)/t21-/m0/s1. The summed E-state index contributed by atoms with van der Waals surface area (Å²) in [4.78, 5) is 21.5. The van der Waals surface area contributed by atoms with E-state index in [0.29, 0.717) is 12.1 Å². The van der Waals surface area contributed by atoms with Gasteiger partial charge in [-0.1, -0.05) is 24.3 Å². The summed E-state index contributed by atoms with van der Waals surface area (Å²) >= 11 is 0. The SMILES string of the molecule is Cc1ccc(C(=O)Cc2ccc3c(c2)[C@]2(CCC3)CS(=O)(=O)N(C)C(N)=N2)nc1. The Hall–Kier alpha value is -2.74. The highest BCUT2D eigenvalue weighted by molar-refractivity contribution is 7.89. The summed E-state index contributed by atoms with van der Waals surface area (Å²) in [5, 5.41) is 0. The van der Waals surface area contributed by atoms with Gasteiger partial charge in [-0.2, -0.15) is 0 Å². The molecule has 0 saturated heterocycles. The summed E-state index contributed by atoms with van der Waals surface area (Å²) in [5.41, 5.74) is 9.25. The molecule has 1 aromatic heterocycles. The molecular formula is C21H24N4O3S. The van der Waals surface area contributed by atoms with E-state index in [1.54, 1.807) is 12.3 Å². The van der Waals surface area contributed by atoms with E-state index in [2.05, 4.69) is 9.98 Å². The third-order valence-corrected chi connectivity index (χ3v) is 7.63. The molecular weight excluding hydrogens is 388 g/mol. The Morgan fingerprint density at radius 2 is 2.07 bits per heavy atom. The lowest BCUT2D eigenvalue weighted by Gasteiger charge is -2.40. The number of Topliss-reactive ketones (excluding diaryl/α,β-unsaturated/α-hetero) is 1. The first-order chi connectivity index (χ1) is 13.7. The van der Waals surface area contributed by atoms with Gasteiger partial charge < -0.3 is 5.73 Å². The molecule has 7 nitrogen and oxygen atoms in total. The zero-order chi connectivity index (χ0) is 20.8. The number of aromatic nitrogens is 1. The maximum atomic E-state index is 12.7. The fourth-order valence-electron chi connectivity index (χ4n) is 4.13. The van der Waals surface area contributed by atoms with Crippen molar-refractivity contribution in [3.05, 3.63) is 64.5 Å². The summed E-state index contributed by atoms with van der Waals surface area (Å²) in [6, 6.07) is 9.44. The Labute approximate surface area is 170 Å². The van der Waals surface area contributed by atoms with Gasteiger partial charge in [0.05, 0.1) is 5.75 Å². The predicted octanol–water partition coefficient (Wildman–Crippen LogP) is 1.94. The number of rotatable bonds is 3. The maximum absolute atomic E-state index is 12.7. The van der Waals surface area contributed by atoms with Crippen molar-refractivity contribution >= 4 is 21.8 Å². The van der Waals surface area contributed by atoms with Crippen LogP contribution in [0.2, 0.25) is 0 Å². The number of carbonyl (C=O) groups is 1. The van der Waals surface area contributed by atoms with Gasteiger partial charge in [0.2, 0.25) is 16.0 Å². The Bertz CT molecular complexity index is 1110. The van der Waals surface area contributed by atoms with Crippen LogP contribution in [0.1, 0.15) is 45.6 Å². The molecule has 2 aliphatic rings. The molecule has 1 atom stereocenters. The third-order valence-electron chi connectivity index (χ3n) is 5.76. The van der Waals surface area contributed by atoms with Crippen LogP contribution < -0.4 is 5.73 Å². The van der Waals surface area contributed by atoms with Crippen LogP contribution in [0.25, 0.3) is 0 Å². The number of fused-ring (bicyclic) bond motifs is 2. The number of carbonyl (C=O) groups excluding carboxylic acids is 1. The van der Waals surface area contributed by atoms with Gasteiger partial charge in [0, 0.05) is 19.7 Å². The monoisotopic (exact) mass is 412 g/mol. The van der Waals surface area contributed by atoms with E-state index in [9.17, 15) is 13.2 Å². The number of hydrogen-bond acceptors (Lipinski definition) is 6. The molecule has 0 saturated carbocycles. The van der Waals surface area contributed by atoms with Gasteiger partial charge in [-0.3, -0.25) is 9.78 Å². The summed E-state index contributed by atoms with van der Waals surface area (Å²) in [7, 11) is -2.12. The van der Waals surface area contributed by atoms with Crippen molar-refractivity contribution in [1.82, 2.24) is 9.29 Å². The molecule has 2 heterocycles. The van der Waals surface area contributed by atoms with Gasteiger partial charge in [-0.25, -0.2) is 17.7 Å². The zero-order valence-electron chi connectivity index (χ0n) is 16.6. The summed E-state index contributed by atoms with van der Waals surface area (Å²) in [6.45, 7) is 1.92. The van der Waals surface area contributed by atoms with Crippen LogP contribution in [0.15, 0.2) is 41.5 Å². The van der Waals surface area contributed by atoms with Gasteiger partial charge in [-0.15, -0.1) is 0 Å². The molecule has 1 aliphatic carbocycles. The first-order valence-corrected chi connectivity index (χ1v) is 11.2. The number of hydrogen-bond donors (Lipinski definition) is 1. The van der Waals surface area contributed by atoms with E-state index in [1.165, 1.54) is 7.05 Å². The van der Waals surface area contributed by atoms with Crippen molar-refractivity contribution in [1.29, 1.82) is 0 Å². The molecule has 4 rings (SSSR count). The van der Waals surface area contributed by atoms with Crippen molar-refractivity contribution < 1.29 is 13.2 Å². The van der Waals surface area contributed by atoms with Crippen LogP contribution in [-0.2, 0) is 28.4 Å². The van der Waals surface area contributed by atoms with Crippen molar-refractivity contribution in [3.63, 3.8) is 0 Å². The lowest BCUT2D eigenvalue weighted by molar-refractivity contribution is 0.0988. The maximum Gasteiger partial charge on any atom is 0.239 e. The zero-order valence-corrected chi connectivity index (χ0v) is 17.4. The van der Waals surface area contributed by atoms with E-state index >= 15 is 0 Å². The van der Waals surface area contributed by atoms with Crippen molar-refractivity contribution in [2.45, 2.75) is 38.1 Å². The number of ketones is 1. The minimum absolute atomic E-state index is 0.00874. The van der Waals surface area contributed by atoms with Crippen molar-refractivity contribution in [2.75, 3.05) is 12.8 Å². The van der Waals surface area contributed by atoms with Crippen LogP contribution in [-0.4, -0.2) is 42.3 Å². The fourth-order valence-corrected chi connectivity index (χ4v) is 5.62. The molecule has 0 radical (unpaired) electrons. The molecule has 0 fully saturated rings. The fraction of sp³-hybridized carbons (Fsp3) is 0.381. The molecule has 0 unspecified atom stereocenters. The van der Waals surface area contributed by atoms with Crippen molar-refractivity contribution in [3.8, 4) is 0 Å². The molecule has 0 bridgehead atoms. The topological polar surface area (TPSA) is 106 Å². The summed E-state index contributed by atoms with van der Waals surface area (Å²) in [5.74, 6) is -0.176. The minimum Gasteiger partial charge on any atom is -0.369 e. The first kappa shape index (κ1) is 19.6. The number of sulfonamides is 1. The van der Waals surface area contributed by atoms with E-state index < -0.39 is 15.6 Å². The Kier molecular flexibility index (Phi) is 4.69. The van der Waals surface area contributed by atoms with E-state index in [-0.39, 0.29) is 23.9 Å². The second kappa shape index (κ2) is 6.95. The number of aliphatic imine (C=N–C) groups is 1. The van der Waals surface area contributed by atoms with Gasteiger partial charge in [0.15, 0.2) is 5.78 Å². The first-order valence-electron chi connectivity index (χ1n) is 9.60. The summed E-state index contributed by atoms with van der Waals surface area (Å²) < 4.78 is 26.4. The minimum atomic E-state index is -3.54. The lowest BCUT2D eigenvalue weighted by atomic mass is 9.77. The average Bonchev–Trinajstić information content (AvgIpc) is 2.67. The summed E-state index contributed by atoms with van der Waals surface area (Å²) in [6.07, 6.45) is 4.19. The van der Waals surface area contributed by atoms with E-state index in [4.69, 9.17) is 5.73 Å². The Morgan fingerprint density at radius 3 is 2.76 bits per heavy atom. The molecule has 152 valence electrons. The number of nitrogens with two attached hydrogens (primary N) is 1. The molecule has 1 aliphatic heterocycles. The highest BCUT2D eigenvalue weighted by Gasteiger charge is 2.45. The molecule has 8 heteroatoms. The number of pyridine rings is 1. The Morgan fingerprint density at radius 1 is 1.28 bits per heavy atom. The number of aryl methyl sites for hydroxylation is 2.